The van der Waals surface area contributed by atoms with Crippen molar-refractivity contribution < 1.29 is 129 Å². The van der Waals surface area contributed by atoms with E-state index in [2.05, 4.69) is 0 Å². The van der Waals surface area contributed by atoms with Crippen molar-refractivity contribution in [2.45, 2.75) is 154 Å². The van der Waals surface area contributed by atoms with E-state index in [0.29, 0.717) is 0 Å². The van der Waals surface area contributed by atoms with Crippen molar-refractivity contribution in [3.63, 3.8) is 0 Å². The first-order valence-electron chi connectivity index (χ1n) is 17.6. The summed E-state index contributed by atoms with van der Waals surface area (Å²) in [7, 11) is 0. The Hall–Kier alpha value is -1.04. The summed E-state index contributed by atoms with van der Waals surface area (Å²) < 4.78 is 49.3. The molecule has 56 heavy (non-hydrogen) atoms. The fourth-order valence-corrected chi connectivity index (χ4v) is 6.82. The third-order valence-electron chi connectivity index (χ3n) is 10.3. The highest BCUT2D eigenvalue weighted by atomic mass is 16.8. The van der Waals surface area contributed by atoms with Gasteiger partial charge in [-0.05, 0) is 0 Å². The van der Waals surface area contributed by atoms with Crippen molar-refractivity contribution in [1.82, 2.24) is 0 Å². The van der Waals surface area contributed by atoms with Crippen LogP contribution in [0, 0.1) is 0 Å². The van der Waals surface area contributed by atoms with E-state index < -0.39 is 187 Å². The third-order valence-corrected chi connectivity index (χ3v) is 10.3. The molecule has 0 radical (unpaired) electrons. The molecule has 0 aliphatic carbocycles. The molecule has 26 nitrogen and oxygen atoms in total. The Morgan fingerprint density at radius 1 is 0.304 bits per heavy atom. The van der Waals surface area contributed by atoms with Gasteiger partial charge >= 0.3 is 0 Å². The Bertz CT molecular complexity index is 1200. The van der Waals surface area contributed by atoms with E-state index in [0.717, 1.165) is 0 Å². The van der Waals surface area contributed by atoms with Crippen LogP contribution in [0.5, 0.6) is 0 Å². The summed E-state index contributed by atoms with van der Waals surface area (Å²) in [4.78, 5) is 0. The zero-order chi connectivity index (χ0) is 41.3. The first-order valence-corrected chi connectivity index (χ1v) is 17.6. The number of hydrogen-bond donors (Lipinski definition) is 17. The first-order chi connectivity index (χ1) is 26.4. The molecule has 0 amide bonds. The fourth-order valence-electron chi connectivity index (χ4n) is 6.82. The van der Waals surface area contributed by atoms with Crippen molar-refractivity contribution in [3.05, 3.63) is 0 Å². The number of ether oxygens (including phenoxy) is 9. The number of aliphatic hydroxyl groups excluding tert-OH is 17. The minimum atomic E-state index is -2.06. The molecule has 0 saturated carbocycles. The first kappa shape index (κ1) is 46.0. The van der Waals surface area contributed by atoms with Gasteiger partial charge in [0.05, 0.1) is 33.0 Å². The van der Waals surface area contributed by atoms with Crippen molar-refractivity contribution in [2.75, 3.05) is 33.0 Å². The Labute approximate surface area is 316 Å². The summed E-state index contributed by atoms with van der Waals surface area (Å²) in [5.41, 5.74) is 0. The maximum Gasteiger partial charge on any atom is 0.187 e. The Morgan fingerprint density at radius 3 is 1.09 bits per heavy atom. The van der Waals surface area contributed by atoms with E-state index in [-0.39, 0.29) is 0 Å². The number of rotatable bonds is 13. The van der Waals surface area contributed by atoms with E-state index in [4.69, 9.17) is 42.6 Å². The van der Waals surface area contributed by atoms with Gasteiger partial charge in [0.1, 0.15) is 122 Å². The van der Waals surface area contributed by atoms with Gasteiger partial charge in [-0.1, -0.05) is 0 Å². The van der Waals surface area contributed by atoms with Crippen molar-refractivity contribution in [2.24, 2.45) is 0 Å². The van der Waals surface area contributed by atoms with Gasteiger partial charge in [-0.2, -0.15) is 0 Å². The molecule has 0 unspecified atom stereocenters. The van der Waals surface area contributed by atoms with Gasteiger partial charge < -0.3 is 129 Å². The molecule has 5 fully saturated rings. The molecule has 0 aromatic heterocycles. The highest BCUT2D eigenvalue weighted by Gasteiger charge is 2.54. The fraction of sp³-hybridized carbons (Fsp3) is 1.00. The zero-order valence-corrected chi connectivity index (χ0v) is 29.2. The van der Waals surface area contributed by atoms with Gasteiger partial charge in [0.25, 0.3) is 0 Å². The summed E-state index contributed by atoms with van der Waals surface area (Å²) in [6.07, 6.45) is -45.5. The maximum atomic E-state index is 11.2. The van der Waals surface area contributed by atoms with E-state index in [9.17, 15) is 86.8 Å². The van der Waals surface area contributed by atoms with Crippen LogP contribution in [0.3, 0.4) is 0 Å². The minimum Gasteiger partial charge on any atom is -0.394 e. The molecule has 5 saturated heterocycles. The van der Waals surface area contributed by atoms with Gasteiger partial charge in [0.15, 0.2) is 31.5 Å². The summed E-state index contributed by atoms with van der Waals surface area (Å²) in [6.45, 7) is -4.17. The van der Waals surface area contributed by atoms with Crippen LogP contribution in [0.15, 0.2) is 0 Å². The van der Waals surface area contributed by atoms with Crippen LogP contribution >= 0.6 is 0 Å². The SMILES string of the molecule is OC[C@H]1O[C@H](O[C@@H]2[C@H](O)[C@@H](O)[C@H](OC[C@H]3O[C@@H](OC[C@H]4O[C@@H](O)[C@H](O)[C@@H](O)[C@H]4O)[C@H](O)[C@@H](O)[C@H]3O[C@H]3O[C@H](CO)[C@H](O)[C@H](O)[C@H]3O)O[C@@H]2CO)[C@H](O)[C@@H](O)[C@H]1O. The summed E-state index contributed by atoms with van der Waals surface area (Å²) >= 11 is 0. The lowest BCUT2D eigenvalue weighted by molar-refractivity contribution is -0.377. The Balaban J connectivity index is 1.31. The molecule has 25 atom stereocenters. The van der Waals surface area contributed by atoms with Crippen molar-refractivity contribution in [3.8, 4) is 0 Å². The summed E-state index contributed by atoms with van der Waals surface area (Å²) in [5.74, 6) is 0. The van der Waals surface area contributed by atoms with Gasteiger partial charge in [0.2, 0.25) is 0 Å². The normalized spacial score (nSPS) is 53.2. The lowest BCUT2D eigenvalue weighted by Crippen LogP contribution is -2.66. The van der Waals surface area contributed by atoms with Crippen LogP contribution in [0.2, 0.25) is 0 Å². The van der Waals surface area contributed by atoms with Gasteiger partial charge in [-0.15, -0.1) is 0 Å². The molecular formula is C30H52O26. The second-order valence-electron chi connectivity index (χ2n) is 14.0. The quantitative estimate of drug-likeness (QED) is 0.0819. The molecule has 17 N–H and O–H groups in total. The maximum absolute atomic E-state index is 11.2. The van der Waals surface area contributed by atoms with Crippen LogP contribution in [0.25, 0.3) is 0 Å². The van der Waals surface area contributed by atoms with E-state index in [1.54, 1.807) is 0 Å². The molecule has 5 aliphatic heterocycles. The highest BCUT2D eigenvalue weighted by molar-refractivity contribution is 4.97. The standard InChI is InChI=1S/C30H52O26/c31-1-6-11(34)15(38)20(43)29(51-6)55-24-8(3-33)53-27(22(45)17(24)40)49-5-10-25(56-30-21(44)16(39)12(35)7(2-32)52-30)18(41)23(46)28(54-10)48-4-9-13(36)14(37)19(42)26(47)50-9/h6-47H,1-5H2/t6-,7-,8-,9-,10-,11+,12+,13+,14+,15+,16+,17-,18-,19-,20-,21-,22-,23-,24+,25+,26-,27-,28-,29-,30-/m1/s1. The minimum absolute atomic E-state index is 0.743. The van der Waals surface area contributed by atoms with E-state index >= 15 is 0 Å². The molecule has 328 valence electrons. The lowest BCUT2D eigenvalue weighted by atomic mass is 9.96. The molecule has 0 aromatic rings. The molecule has 5 rings (SSSR count). The Morgan fingerprint density at radius 2 is 0.643 bits per heavy atom. The van der Waals surface area contributed by atoms with Crippen LogP contribution in [-0.4, -0.2) is 273 Å². The second-order valence-corrected chi connectivity index (χ2v) is 14.0. The topological polar surface area (TPSA) is 427 Å². The van der Waals surface area contributed by atoms with E-state index in [1.807, 2.05) is 0 Å². The molecular weight excluding hydrogens is 776 g/mol. The molecule has 0 spiro atoms. The smallest absolute Gasteiger partial charge is 0.187 e. The third kappa shape index (κ3) is 9.46. The van der Waals surface area contributed by atoms with Crippen molar-refractivity contribution in [1.29, 1.82) is 0 Å². The monoisotopic (exact) mass is 828 g/mol. The van der Waals surface area contributed by atoms with Crippen molar-refractivity contribution >= 4 is 0 Å². The van der Waals surface area contributed by atoms with Gasteiger partial charge in [-0.25, -0.2) is 0 Å². The average Bonchev–Trinajstić information content (AvgIpc) is 3.18. The van der Waals surface area contributed by atoms with Gasteiger partial charge in [0, 0.05) is 0 Å². The zero-order valence-electron chi connectivity index (χ0n) is 29.2. The summed E-state index contributed by atoms with van der Waals surface area (Å²) in [5, 5.41) is 175. The second kappa shape index (κ2) is 19.6. The molecule has 26 heteroatoms. The molecule has 5 aliphatic rings. The van der Waals surface area contributed by atoms with E-state index in [1.165, 1.54) is 0 Å². The largest absolute Gasteiger partial charge is 0.394 e. The summed E-state index contributed by atoms with van der Waals surface area (Å²) in [6, 6.07) is 0. The number of hydrogen-bond acceptors (Lipinski definition) is 26. The predicted octanol–water partition coefficient (Wildman–Crippen LogP) is -11.9. The molecule has 0 bridgehead atoms. The average molecular weight is 829 g/mol. The lowest BCUT2D eigenvalue weighted by Gasteiger charge is -2.47. The Kier molecular flexibility index (Phi) is 16.1. The molecule has 5 heterocycles. The molecule has 0 aromatic carbocycles. The van der Waals surface area contributed by atoms with Crippen LogP contribution < -0.4 is 0 Å². The highest BCUT2D eigenvalue weighted by Crippen LogP contribution is 2.33. The number of aliphatic hydroxyl groups is 17. The van der Waals surface area contributed by atoms with Gasteiger partial charge in [-0.3, -0.25) is 0 Å². The van der Waals surface area contributed by atoms with Crippen LogP contribution in [0.1, 0.15) is 0 Å². The van der Waals surface area contributed by atoms with Crippen LogP contribution in [-0.2, 0) is 42.6 Å². The predicted molar refractivity (Wildman–Crippen MR) is 167 cm³/mol. The van der Waals surface area contributed by atoms with Crippen LogP contribution in [0.4, 0.5) is 0 Å².